The SMILES string of the molecule is CC/C=C/Cc1ccc(O)c(C=O)c1. The van der Waals surface area contributed by atoms with Crippen molar-refractivity contribution in [2.75, 3.05) is 0 Å². The number of aromatic hydroxyl groups is 1. The molecule has 0 aromatic heterocycles. The highest BCUT2D eigenvalue weighted by molar-refractivity contribution is 5.79. The van der Waals surface area contributed by atoms with Gasteiger partial charge in [0.2, 0.25) is 0 Å². The molecule has 0 heterocycles. The number of phenolic OH excluding ortho intramolecular Hbond substituents is 1. The molecule has 1 aromatic rings. The van der Waals surface area contributed by atoms with Gasteiger partial charge in [-0.3, -0.25) is 4.79 Å². The van der Waals surface area contributed by atoms with Gasteiger partial charge in [0.25, 0.3) is 0 Å². The summed E-state index contributed by atoms with van der Waals surface area (Å²) in [5, 5.41) is 9.26. The van der Waals surface area contributed by atoms with Crippen LogP contribution in [0.2, 0.25) is 0 Å². The van der Waals surface area contributed by atoms with Crippen LogP contribution in [0, 0.1) is 0 Å². The van der Waals surface area contributed by atoms with Crippen LogP contribution in [-0.2, 0) is 6.42 Å². The summed E-state index contributed by atoms with van der Waals surface area (Å²) in [5.41, 5.74) is 1.39. The second-order valence-corrected chi connectivity index (χ2v) is 3.09. The minimum absolute atomic E-state index is 0.0446. The van der Waals surface area contributed by atoms with Gasteiger partial charge in [0, 0.05) is 0 Å². The number of carbonyl (C=O) groups is 1. The highest BCUT2D eigenvalue weighted by Gasteiger charge is 1.99. The topological polar surface area (TPSA) is 37.3 Å². The zero-order chi connectivity index (χ0) is 10.4. The quantitative estimate of drug-likeness (QED) is 0.585. The summed E-state index contributed by atoms with van der Waals surface area (Å²) in [7, 11) is 0. The van der Waals surface area contributed by atoms with E-state index in [1.807, 2.05) is 6.07 Å². The molecule has 0 atom stereocenters. The molecular formula is C12H14O2. The van der Waals surface area contributed by atoms with Crippen LogP contribution >= 0.6 is 0 Å². The van der Waals surface area contributed by atoms with E-state index in [1.165, 1.54) is 0 Å². The number of hydrogen-bond acceptors (Lipinski definition) is 2. The van der Waals surface area contributed by atoms with Crippen molar-refractivity contribution < 1.29 is 9.90 Å². The molecule has 74 valence electrons. The van der Waals surface area contributed by atoms with Gasteiger partial charge in [-0.25, -0.2) is 0 Å². The molecule has 0 aliphatic rings. The van der Waals surface area contributed by atoms with Crippen LogP contribution in [-0.4, -0.2) is 11.4 Å². The first kappa shape index (κ1) is 10.5. The maximum absolute atomic E-state index is 10.5. The summed E-state index contributed by atoms with van der Waals surface area (Å²) < 4.78 is 0. The third kappa shape index (κ3) is 2.73. The van der Waals surface area contributed by atoms with Gasteiger partial charge in [0.1, 0.15) is 5.75 Å². The van der Waals surface area contributed by atoms with Crippen molar-refractivity contribution in [3.8, 4) is 5.75 Å². The van der Waals surface area contributed by atoms with E-state index in [9.17, 15) is 9.90 Å². The fourth-order valence-electron chi connectivity index (χ4n) is 1.21. The lowest BCUT2D eigenvalue weighted by Gasteiger charge is -2.00. The van der Waals surface area contributed by atoms with Crippen LogP contribution in [0.1, 0.15) is 29.3 Å². The first-order valence-electron chi connectivity index (χ1n) is 4.70. The molecule has 14 heavy (non-hydrogen) atoms. The first-order chi connectivity index (χ1) is 6.77. The van der Waals surface area contributed by atoms with Crippen LogP contribution < -0.4 is 0 Å². The molecule has 0 saturated heterocycles. The molecule has 0 spiro atoms. The van der Waals surface area contributed by atoms with Gasteiger partial charge in [-0.05, 0) is 30.5 Å². The van der Waals surface area contributed by atoms with E-state index in [0.29, 0.717) is 11.8 Å². The van der Waals surface area contributed by atoms with Crippen molar-refractivity contribution in [3.63, 3.8) is 0 Å². The minimum Gasteiger partial charge on any atom is -0.507 e. The van der Waals surface area contributed by atoms with E-state index in [1.54, 1.807) is 12.1 Å². The van der Waals surface area contributed by atoms with Gasteiger partial charge >= 0.3 is 0 Å². The molecule has 1 N–H and O–H groups in total. The third-order valence-corrected chi connectivity index (χ3v) is 1.97. The van der Waals surface area contributed by atoms with Crippen LogP contribution in [0.5, 0.6) is 5.75 Å². The molecule has 0 amide bonds. The van der Waals surface area contributed by atoms with Gasteiger partial charge in [0.05, 0.1) is 5.56 Å². The van der Waals surface area contributed by atoms with Gasteiger partial charge in [-0.1, -0.05) is 25.1 Å². The largest absolute Gasteiger partial charge is 0.507 e. The zero-order valence-electron chi connectivity index (χ0n) is 8.23. The molecular weight excluding hydrogens is 176 g/mol. The summed E-state index contributed by atoms with van der Waals surface area (Å²) in [5.74, 6) is 0.0446. The summed E-state index contributed by atoms with van der Waals surface area (Å²) >= 11 is 0. The Balaban J connectivity index is 2.79. The van der Waals surface area contributed by atoms with E-state index in [0.717, 1.165) is 18.4 Å². The number of carbonyl (C=O) groups excluding carboxylic acids is 1. The molecule has 0 fully saturated rings. The van der Waals surface area contributed by atoms with Crippen LogP contribution in [0.4, 0.5) is 0 Å². The first-order valence-corrected chi connectivity index (χ1v) is 4.70. The average molecular weight is 190 g/mol. The number of aldehydes is 1. The molecule has 0 radical (unpaired) electrons. The summed E-state index contributed by atoms with van der Waals surface area (Å²) in [6, 6.07) is 5.09. The summed E-state index contributed by atoms with van der Waals surface area (Å²) in [6.45, 7) is 2.07. The summed E-state index contributed by atoms with van der Waals surface area (Å²) in [4.78, 5) is 10.5. The Bertz CT molecular complexity index is 340. The Labute approximate surface area is 83.9 Å². The average Bonchev–Trinajstić information content (AvgIpc) is 2.21. The maximum Gasteiger partial charge on any atom is 0.153 e. The molecule has 0 unspecified atom stereocenters. The molecule has 0 aliphatic heterocycles. The molecule has 2 nitrogen and oxygen atoms in total. The Morgan fingerprint density at radius 1 is 1.36 bits per heavy atom. The Morgan fingerprint density at radius 3 is 2.79 bits per heavy atom. The number of benzene rings is 1. The fourth-order valence-corrected chi connectivity index (χ4v) is 1.21. The van der Waals surface area contributed by atoms with Gasteiger partial charge in [0.15, 0.2) is 6.29 Å². The van der Waals surface area contributed by atoms with E-state index >= 15 is 0 Å². The van der Waals surface area contributed by atoms with E-state index < -0.39 is 0 Å². The number of phenols is 1. The van der Waals surface area contributed by atoms with E-state index in [-0.39, 0.29) is 5.75 Å². The van der Waals surface area contributed by atoms with Gasteiger partial charge in [-0.2, -0.15) is 0 Å². The lowest BCUT2D eigenvalue weighted by atomic mass is 10.1. The molecule has 1 aromatic carbocycles. The normalized spacial score (nSPS) is 10.6. The van der Waals surface area contributed by atoms with Gasteiger partial charge in [-0.15, -0.1) is 0 Å². The monoisotopic (exact) mass is 190 g/mol. The van der Waals surface area contributed by atoms with Crippen LogP contribution in [0.3, 0.4) is 0 Å². The predicted molar refractivity (Wildman–Crippen MR) is 56.6 cm³/mol. The maximum atomic E-state index is 10.5. The van der Waals surface area contributed by atoms with Crippen LogP contribution in [0.15, 0.2) is 30.4 Å². The predicted octanol–water partition coefficient (Wildman–Crippen LogP) is 2.71. The number of rotatable bonds is 4. The van der Waals surface area contributed by atoms with E-state index in [4.69, 9.17) is 0 Å². The zero-order valence-corrected chi connectivity index (χ0v) is 8.23. The summed E-state index contributed by atoms with van der Waals surface area (Å²) in [6.07, 6.45) is 6.62. The molecule has 0 saturated carbocycles. The third-order valence-electron chi connectivity index (χ3n) is 1.97. The van der Waals surface area contributed by atoms with Crippen molar-refractivity contribution in [2.24, 2.45) is 0 Å². The standard InChI is InChI=1S/C12H14O2/c1-2-3-4-5-10-6-7-12(14)11(8-10)9-13/h3-4,6-9,14H,2,5H2,1H3/b4-3+. The number of allylic oxidation sites excluding steroid dienone is 2. The molecule has 0 bridgehead atoms. The lowest BCUT2D eigenvalue weighted by molar-refractivity contribution is 0.112. The minimum atomic E-state index is 0.0446. The molecule has 1 rings (SSSR count). The smallest absolute Gasteiger partial charge is 0.153 e. The Kier molecular flexibility index (Phi) is 3.92. The second-order valence-electron chi connectivity index (χ2n) is 3.09. The highest BCUT2D eigenvalue weighted by Crippen LogP contribution is 2.16. The number of hydrogen-bond donors (Lipinski definition) is 1. The Morgan fingerprint density at radius 2 is 2.14 bits per heavy atom. The van der Waals surface area contributed by atoms with Crippen LogP contribution in [0.25, 0.3) is 0 Å². The van der Waals surface area contributed by atoms with Crippen molar-refractivity contribution in [1.82, 2.24) is 0 Å². The molecule has 2 heteroatoms. The second kappa shape index (κ2) is 5.22. The fraction of sp³-hybridized carbons (Fsp3) is 0.250. The highest BCUT2D eigenvalue weighted by atomic mass is 16.3. The van der Waals surface area contributed by atoms with Crippen molar-refractivity contribution in [3.05, 3.63) is 41.5 Å². The Hall–Kier alpha value is -1.57. The van der Waals surface area contributed by atoms with E-state index in [2.05, 4.69) is 19.1 Å². The van der Waals surface area contributed by atoms with Gasteiger partial charge < -0.3 is 5.11 Å². The van der Waals surface area contributed by atoms with Crippen molar-refractivity contribution >= 4 is 6.29 Å². The molecule has 0 aliphatic carbocycles. The van der Waals surface area contributed by atoms with Crippen molar-refractivity contribution in [2.45, 2.75) is 19.8 Å². The van der Waals surface area contributed by atoms with Crippen molar-refractivity contribution in [1.29, 1.82) is 0 Å². The lowest BCUT2D eigenvalue weighted by Crippen LogP contribution is -1.86.